The van der Waals surface area contributed by atoms with Crippen LogP contribution in [0.2, 0.25) is 0 Å². The molecular formula is C28H49NO. The topological polar surface area (TPSA) is 20.3 Å². The molecule has 3 fully saturated rings. The van der Waals surface area contributed by atoms with Gasteiger partial charge in [0.05, 0.1) is 0 Å². The number of amides is 1. The van der Waals surface area contributed by atoms with Crippen molar-refractivity contribution in [1.29, 1.82) is 0 Å². The van der Waals surface area contributed by atoms with Crippen molar-refractivity contribution in [2.24, 2.45) is 35.5 Å². The SMILES string of the molecule is C=CC(=O)N(C)CCCC1CCC(C2CCC3CC(CCCCC)CCC3C2)CC1. The van der Waals surface area contributed by atoms with E-state index in [1.807, 2.05) is 11.9 Å². The lowest BCUT2D eigenvalue weighted by atomic mass is 9.60. The van der Waals surface area contributed by atoms with Gasteiger partial charge in [-0.25, -0.2) is 0 Å². The smallest absolute Gasteiger partial charge is 0.245 e. The monoisotopic (exact) mass is 415 g/mol. The molecule has 3 saturated carbocycles. The minimum absolute atomic E-state index is 0.0595. The van der Waals surface area contributed by atoms with Crippen LogP contribution in [0.1, 0.15) is 110 Å². The van der Waals surface area contributed by atoms with Crippen molar-refractivity contribution in [3.05, 3.63) is 12.7 Å². The first-order chi connectivity index (χ1) is 14.6. The molecule has 2 nitrogen and oxygen atoms in total. The molecule has 0 aromatic carbocycles. The minimum atomic E-state index is 0.0595. The third kappa shape index (κ3) is 6.86. The molecule has 0 aromatic heterocycles. The molecule has 0 saturated heterocycles. The van der Waals surface area contributed by atoms with Crippen LogP contribution in [-0.2, 0) is 4.79 Å². The predicted molar refractivity (Wildman–Crippen MR) is 128 cm³/mol. The number of likely N-dealkylation sites (N-methyl/N-ethyl adjacent to an activating group) is 1. The Morgan fingerprint density at radius 1 is 0.800 bits per heavy atom. The van der Waals surface area contributed by atoms with Crippen molar-refractivity contribution in [2.75, 3.05) is 13.6 Å². The summed E-state index contributed by atoms with van der Waals surface area (Å²) in [7, 11) is 1.90. The molecule has 0 bridgehead atoms. The predicted octanol–water partition coefficient (Wildman–Crippen LogP) is 7.63. The molecule has 0 N–H and O–H groups in total. The zero-order valence-electron chi connectivity index (χ0n) is 20.1. The third-order valence-corrected chi connectivity index (χ3v) is 9.19. The van der Waals surface area contributed by atoms with E-state index in [2.05, 4.69) is 13.5 Å². The summed E-state index contributed by atoms with van der Waals surface area (Å²) in [5.74, 6) is 6.24. The first-order valence-electron chi connectivity index (χ1n) is 13.5. The lowest BCUT2D eigenvalue weighted by molar-refractivity contribution is -0.124. The van der Waals surface area contributed by atoms with Crippen LogP contribution in [0.4, 0.5) is 0 Å². The van der Waals surface area contributed by atoms with Gasteiger partial charge in [-0.1, -0.05) is 58.4 Å². The van der Waals surface area contributed by atoms with Crippen molar-refractivity contribution in [2.45, 2.75) is 110 Å². The van der Waals surface area contributed by atoms with E-state index in [9.17, 15) is 4.79 Å². The highest BCUT2D eigenvalue weighted by Gasteiger charge is 2.38. The Labute approximate surface area is 187 Å². The molecule has 4 unspecified atom stereocenters. The van der Waals surface area contributed by atoms with Gasteiger partial charge in [-0.15, -0.1) is 0 Å². The van der Waals surface area contributed by atoms with Crippen molar-refractivity contribution in [1.82, 2.24) is 4.90 Å². The maximum Gasteiger partial charge on any atom is 0.245 e. The first kappa shape index (κ1) is 23.9. The van der Waals surface area contributed by atoms with Gasteiger partial charge in [-0.05, 0) is 99.4 Å². The fraction of sp³-hybridized carbons (Fsp3) is 0.893. The van der Waals surface area contributed by atoms with Crippen LogP contribution in [-0.4, -0.2) is 24.4 Å². The molecule has 4 atom stereocenters. The van der Waals surface area contributed by atoms with Crippen molar-refractivity contribution < 1.29 is 4.79 Å². The molecule has 0 spiro atoms. The van der Waals surface area contributed by atoms with Gasteiger partial charge in [0.2, 0.25) is 5.91 Å². The van der Waals surface area contributed by atoms with Crippen LogP contribution in [0.15, 0.2) is 12.7 Å². The Bertz CT molecular complexity index is 521. The van der Waals surface area contributed by atoms with Gasteiger partial charge < -0.3 is 4.90 Å². The van der Waals surface area contributed by atoms with E-state index in [0.29, 0.717) is 0 Å². The Balaban J connectivity index is 1.32. The number of hydrogen-bond acceptors (Lipinski definition) is 1. The summed E-state index contributed by atoms with van der Waals surface area (Å²) < 4.78 is 0. The summed E-state index contributed by atoms with van der Waals surface area (Å²) in [5.41, 5.74) is 0. The highest BCUT2D eigenvalue weighted by Crippen LogP contribution is 2.49. The molecule has 30 heavy (non-hydrogen) atoms. The van der Waals surface area contributed by atoms with Crippen molar-refractivity contribution in [3.8, 4) is 0 Å². The molecule has 3 aliphatic carbocycles. The molecule has 1 amide bonds. The number of carbonyl (C=O) groups excluding carboxylic acids is 1. The Morgan fingerprint density at radius 3 is 2.07 bits per heavy atom. The Hall–Kier alpha value is -0.790. The van der Waals surface area contributed by atoms with Crippen LogP contribution < -0.4 is 0 Å². The summed E-state index contributed by atoms with van der Waals surface area (Å²) in [5, 5.41) is 0. The largest absolute Gasteiger partial charge is 0.342 e. The first-order valence-corrected chi connectivity index (χ1v) is 13.5. The summed E-state index contributed by atoms with van der Waals surface area (Å²) >= 11 is 0. The standard InChI is InChI=1S/C28H49NO/c1-4-6-7-9-23-13-16-27-21-26(18-17-25(27)20-23)24-14-11-22(12-15-24)10-8-19-29(3)28(30)5-2/h5,22-27H,2,4,6-21H2,1,3H3. The zero-order chi connectivity index (χ0) is 21.3. The number of nitrogens with zero attached hydrogens (tertiary/aromatic N) is 1. The quantitative estimate of drug-likeness (QED) is 0.265. The third-order valence-electron chi connectivity index (χ3n) is 9.19. The lowest BCUT2D eigenvalue weighted by Gasteiger charge is -2.45. The van der Waals surface area contributed by atoms with Crippen molar-refractivity contribution in [3.63, 3.8) is 0 Å². The number of carbonyl (C=O) groups is 1. The van der Waals surface area contributed by atoms with Gasteiger partial charge in [0.1, 0.15) is 0 Å². The van der Waals surface area contributed by atoms with Crippen molar-refractivity contribution >= 4 is 5.91 Å². The van der Waals surface area contributed by atoms with E-state index in [-0.39, 0.29) is 5.91 Å². The minimum Gasteiger partial charge on any atom is -0.342 e. The van der Waals surface area contributed by atoms with E-state index in [1.165, 1.54) is 76.7 Å². The van der Waals surface area contributed by atoms with Gasteiger partial charge in [-0.3, -0.25) is 4.79 Å². The number of rotatable bonds is 10. The molecular weight excluding hydrogens is 366 g/mol. The van der Waals surface area contributed by atoms with Gasteiger partial charge >= 0.3 is 0 Å². The van der Waals surface area contributed by atoms with Crippen LogP contribution >= 0.6 is 0 Å². The Morgan fingerprint density at radius 2 is 1.37 bits per heavy atom. The average Bonchev–Trinajstić information content (AvgIpc) is 2.78. The highest BCUT2D eigenvalue weighted by molar-refractivity contribution is 5.86. The van der Waals surface area contributed by atoms with Crippen LogP contribution in [0, 0.1) is 35.5 Å². The zero-order valence-corrected chi connectivity index (χ0v) is 20.1. The molecule has 0 heterocycles. The van der Waals surface area contributed by atoms with Gasteiger partial charge in [0, 0.05) is 13.6 Å². The second-order valence-electron chi connectivity index (χ2n) is 11.2. The lowest BCUT2D eigenvalue weighted by Crippen LogP contribution is -2.34. The van der Waals surface area contributed by atoms with Crippen LogP contribution in [0.25, 0.3) is 0 Å². The molecule has 2 heteroatoms. The van der Waals surface area contributed by atoms with Gasteiger partial charge in [0.15, 0.2) is 0 Å². The van der Waals surface area contributed by atoms with Crippen LogP contribution in [0.3, 0.4) is 0 Å². The van der Waals surface area contributed by atoms with E-state index >= 15 is 0 Å². The summed E-state index contributed by atoms with van der Waals surface area (Å²) in [6, 6.07) is 0. The Kier molecular flexibility index (Phi) is 9.78. The second-order valence-corrected chi connectivity index (χ2v) is 11.2. The number of hydrogen-bond donors (Lipinski definition) is 0. The fourth-order valence-corrected chi connectivity index (χ4v) is 7.23. The molecule has 172 valence electrons. The maximum atomic E-state index is 11.6. The second kappa shape index (κ2) is 12.3. The summed E-state index contributed by atoms with van der Waals surface area (Å²) in [6.45, 7) is 6.80. The fourth-order valence-electron chi connectivity index (χ4n) is 7.23. The van der Waals surface area contributed by atoms with Gasteiger partial charge in [0.25, 0.3) is 0 Å². The molecule has 0 aliphatic heterocycles. The maximum absolute atomic E-state index is 11.6. The molecule has 0 aromatic rings. The van der Waals surface area contributed by atoms with Gasteiger partial charge in [-0.2, -0.15) is 0 Å². The van der Waals surface area contributed by atoms with E-state index < -0.39 is 0 Å². The molecule has 3 rings (SSSR count). The van der Waals surface area contributed by atoms with E-state index in [4.69, 9.17) is 0 Å². The highest BCUT2D eigenvalue weighted by atomic mass is 16.2. The normalized spacial score (nSPS) is 34.2. The summed E-state index contributed by atoms with van der Waals surface area (Å²) in [4.78, 5) is 13.4. The number of unbranched alkanes of at least 4 members (excludes halogenated alkanes) is 2. The molecule has 3 aliphatic rings. The number of fused-ring (bicyclic) bond motifs is 1. The van der Waals surface area contributed by atoms with E-state index in [0.717, 1.165) is 48.5 Å². The van der Waals surface area contributed by atoms with E-state index in [1.54, 1.807) is 25.7 Å². The summed E-state index contributed by atoms with van der Waals surface area (Å²) in [6.07, 6.45) is 24.8. The molecule has 0 radical (unpaired) electrons. The average molecular weight is 416 g/mol. The van der Waals surface area contributed by atoms with Crippen LogP contribution in [0.5, 0.6) is 0 Å².